The lowest BCUT2D eigenvalue weighted by atomic mass is 9.60. The van der Waals surface area contributed by atoms with Crippen LogP contribution in [0.15, 0.2) is 0 Å². The first kappa shape index (κ1) is 20.0. The lowest BCUT2D eigenvalue weighted by molar-refractivity contribution is -0.232. The molecule has 0 aromatic rings. The van der Waals surface area contributed by atoms with Crippen LogP contribution in [0.2, 0.25) is 0 Å². The Morgan fingerprint density at radius 2 is 1.14 bits per heavy atom. The second kappa shape index (κ2) is 5.77. The molecule has 0 N–H and O–H groups in total. The van der Waals surface area contributed by atoms with Crippen molar-refractivity contribution in [2.24, 2.45) is 22.2 Å². The molecule has 0 aromatic carbocycles. The van der Waals surface area contributed by atoms with Gasteiger partial charge >= 0.3 is 0 Å². The summed E-state index contributed by atoms with van der Waals surface area (Å²) in [6.45, 7) is 28.9. The first-order valence-electron chi connectivity index (χ1n) is 8.86. The van der Waals surface area contributed by atoms with Crippen molar-refractivity contribution in [1.29, 1.82) is 0 Å². The highest BCUT2D eigenvalue weighted by Crippen LogP contribution is 2.50. The number of ether oxygens (including phenoxy) is 1. The van der Waals surface area contributed by atoms with Crippen molar-refractivity contribution in [3.8, 4) is 0 Å². The molecule has 1 fully saturated rings. The fraction of sp³-hybridized carbons (Fsp3) is 1.00. The minimum absolute atomic E-state index is 0.115. The average molecular weight is 312 g/mol. The summed E-state index contributed by atoms with van der Waals surface area (Å²) in [5.74, 6) is 0.500. The summed E-state index contributed by atoms with van der Waals surface area (Å²) in [6, 6.07) is 0.505. The summed E-state index contributed by atoms with van der Waals surface area (Å²) in [7, 11) is 0. The Bertz CT molecular complexity index is 334. The van der Waals surface area contributed by atoms with Crippen molar-refractivity contribution in [3.05, 3.63) is 0 Å². The molecule has 2 heteroatoms. The summed E-state index contributed by atoms with van der Waals surface area (Å²) in [4.78, 5) is 2.59. The molecule has 1 heterocycles. The third-order valence-corrected chi connectivity index (χ3v) is 5.00. The lowest BCUT2D eigenvalue weighted by Gasteiger charge is -2.60. The van der Waals surface area contributed by atoms with E-state index in [1.54, 1.807) is 0 Å². The van der Waals surface area contributed by atoms with Gasteiger partial charge in [0.05, 0.1) is 6.10 Å². The summed E-state index contributed by atoms with van der Waals surface area (Å²) in [5, 5.41) is 0. The maximum absolute atomic E-state index is 6.47. The van der Waals surface area contributed by atoms with Gasteiger partial charge in [0.25, 0.3) is 0 Å². The van der Waals surface area contributed by atoms with Crippen molar-refractivity contribution >= 4 is 0 Å². The van der Waals surface area contributed by atoms with E-state index in [0.717, 1.165) is 6.73 Å². The van der Waals surface area contributed by atoms with E-state index in [2.05, 4.69) is 88.0 Å². The maximum Gasteiger partial charge on any atom is 0.100 e. The van der Waals surface area contributed by atoms with Crippen molar-refractivity contribution in [3.63, 3.8) is 0 Å². The van der Waals surface area contributed by atoms with E-state index in [-0.39, 0.29) is 27.9 Å². The Hall–Kier alpha value is -0.0800. The molecule has 0 saturated carbocycles. The first-order chi connectivity index (χ1) is 9.47. The van der Waals surface area contributed by atoms with Gasteiger partial charge in [-0.25, -0.2) is 0 Å². The number of hydrogen-bond donors (Lipinski definition) is 0. The maximum atomic E-state index is 6.47. The van der Waals surface area contributed by atoms with E-state index in [4.69, 9.17) is 4.74 Å². The van der Waals surface area contributed by atoms with Gasteiger partial charge in [-0.1, -0.05) is 62.3 Å². The summed E-state index contributed by atoms with van der Waals surface area (Å²) >= 11 is 0. The van der Waals surface area contributed by atoms with Crippen LogP contribution in [0, 0.1) is 22.2 Å². The van der Waals surface area contributed by atoms with Gasteiger partial charge in [0.2, 0.25) is 0 Å². The molecule has 1 aliphatic rings. The Kier molecular flexibility index (Phi) is 5.24. The molecule has 0 aromatic heterocycles. The monoisotopic (exact) mass is 311 g/mol. The highest BCUT2D eigenvalue weighted by molar-refractivity contribution is 5.04. The minimum atomic E-state index is 0.115. The SMILES string of the molecule is CC(C)(C)C1OCN(C(C)(C)C)C(C(C)(C)C)C1C(C)(C)C. The fourth-order valence-corrected chi connectivity index (χ4v) is 4.04. The predicted molar refractivity (Wildman–Crippen MR) is 97.0 cm³/mol. The lowest BCUT2D eigenvalue weighted by Crippen LogP contribution is -2.67. The Morgan fingerprint density at radius 1 is 0.682 bits per heavy atom. The van der Waals surface area contributed by atoms with Crippen LogP contribution in [0.25, 0.3) is 0 Å². The molecule has 3 unspecified atom stereocenters. The summed E-state index contributed by atoms with van der Waals surface area (Å²) < 4.78 is 6.47. The van der Waals surface area contributed by atoms with E-state index >= 15 is 0 Å². The summed E-state index contributed by atoms with van der Waals surface area (Å²) in [5.41, 5.74) is 0.702. The first-order valence-corrected chi connectivity index (χ1v) is 8.86. The van der Waals surface area contributed by atoms with Gasteiger partial charge in [-0.15, -0.1) is 0 Å². The van der Waals surface area contributed by atoms with Gasteiger partial charge in [0.15, 0.2) is 0 Å². The van der Waals surface area contributed by atoms with E-state index in [1.165, 1.54) is 0 Å². The van der Waals surface area contributed by atoms with Gasteiger partial charge in [-0.3, -0.25) is 4.90 Å². The van der Waals surface area contributed by atoms with Crippen LogP contribution in [0.5, 0.6) is 0 Å². The normalized spacial score (nSPS) is 29.7. The van der Waals surface area contributed by atoms with Crippen LogP contribution < -0.4 is 0 Å². The van der Waals surface area contributed by atoms with Gasteiger partial charge in [0, 0.05) is 17.5 Å². The Balaban J connectivity index is 3.43. The van der Waals surface area contributed by atoms with E-state index < -0.39 is 0 Å². The molecular weight excluding hydrogens is 270 g/mol. The fourth-order valence-electron chi connectivity index (χ4n) is 4.04. The van der Waals surface area contributed by atoms with Gasteiger partial charge in [0.1, 0.15) is 6.73 Å². The smallest absolute Gasteiger partial charge is 0.100 e. The Morgan fingerprint density at radius 3 is 1.41 bits per heavy atom. The van der Waals surface area contributed by atoms with Crippen molar-refractivity contribution < 1.29 is 4.74 Å². The largest absolute Gasteiger partial charge is 0.362 e. The van der Waals surface area contributed by atoms with Crippen LogP contribution in [0.1, 0.15) is 83.1 Å². The quantitative estimate of drug-likeness (QED) is 0.580. The van der Waals surface area contributed by atoms with Crippen molar-refractivity contribution in [2.75, 3.05) is 6.73 Å². The van der Waals surface area contributed by atoms with Crippen LogP contribution in [0.3, 0.4) is 0 Å². The molecule has 0 aliphatic carbocycles. The molecule has 0 radical (unpaired) electrons. The predicted octanol–water partition coefficient (Wildman–Crippen LogP) is 5.57. The van der Waals surface area contributed by atoms with Gasteiger partial charge in [-0.05, 0) is 37.0 Å². The van der Waals surface area contributed by atoms with Crippen LogP contribution in [-0.2, 0) is 4.74 Å². The number of hydrogen-bond acceptors (Lipinski definition) is 2. The molecule has 3 atom stereocenters. The third-order valence-electron chi connectivity index (χ3n) is 5.00. The molecule has 1 saturated heterocycles. The standard InChI is InChI=1S/C20H41NO/c1-17(2,3)14-15(18(4,5)6)21(20(10,11)12)13-22-16(14)19(7,8)9/h14-16H,13H2,1-12H3. The molecule has 0 spiro atoms. The number of nitrogens with zero attached hydrogens (tertiary/aromatic N) is 1. The minimum Gasteiger partial charge on any atom is -0.362 e. The Labute approximate surface area is 140 Å². The topological polar surface area (TPSA) is 12.5 Å². The molecule has 132 valence electrons. The molecule has 1 aliphatic heterocycles. The van der Waals surface area contributed by atoms with Crippen LogP contribution in [-0.4, -0.2) is 29.3 Å². The zero-order chi connectivity index (χ0) is 17.7. The van der Waals surface area contributed by atoms with Crippen LogP contribution >= 0.6 is 0 Å². The average Bonchev–Trinajstić information content (AvgIpc) is 2.22. The highest BCUT2D eigenvalue weighted by Gasteiger charge is 2.54. The highest BCUT2D eigenvalue weighted by atomic mass is 16.5. The molecular formula is C20H41NO. The second-order valence-electron chi connectivity index (χ2n) is 11.4. The van der Waals surface area contributed by atoms with Crippen molar-refractivity contribution in [1.82, 2.24) is 4.90 Å². The zero-order valence-electron chi connectivity index (χ0n) is 17.3. The third kappa shape index (κ3) is 4.26. The van der Waals surface area contributed by atoms with E-state index in [9.17, 15) is 0 Å². The van der Waals surface area contributed by atoms with E-state index in [1.807, 2.05) is 0 Å². The van der Waals surface area contributed by atoms with Crippen molar-refractivity contribution in [2.45, 2.75) is 101 Å². The number of rotatable bonds is 0. The second-order valence-corrected chi connectivity index (χ2v) is 11.4. The molecule has 0 amide bonds. The van der Waals surface area contributed by atoms with Crippen LogP contribution in [0.4, 0.5) is 0 Å². The zero-order valence-corrected chi connectivity index (χ0v) is 17.3. The summed E-state index contributed by atoms with van der Waals surface area (Å²) in [6.07, 6.45) is 0.287. The van der Waals surface area contributed by atoms with E-state index in [0.29, 0.717) is 12.0 Å². The van der Waals surface area contributed by atoms with Gasteiger partial charge < -0.3 is 4.74 Å². The molecule has 22 heavy (non-hydrogen) atoms. The molecule has 2 nitrogen and oxygen atoms in total. The molecule has 1 rings (SSSR count). The molecule has 0 bridgehead atoms. The van der Waals surface area contributed by atoms with Gasteiger partial charge in [-0.2, -0.15) is 0 Å².